The van der Waals surface area contributed by atoms with Crippen LogP contribution in [0.2, 0.25) is 0 Å². The van der Waals surface area contributed by atoms with Crippen molar-refractivity contribution >= 4 is 12.1 Å². The first-order chi connectivity index (χ1) is 9.62. The van der Waals surface area contributed by atoms with Gasteiger partial charge in [-0.05, 0) is 33.1 Å². The van der Waals surface area contributed by atoms with Crippen LogP contribution in [0.25, 0.3) is 0 Å². The molecule has 1 unspecified atom stereocenters. The Hall–Kier alpha value is -1.30. The molecule has 1 N–H and O–H groups in total. The predicted molar refractivity (Wildman–Crippen MR) is 80.0 cm³/mol. The second kappa shape index (κ2) is 7.11. The fraction of sp³-hybridized carbons (Fsp3) is 0.867. The van der Waals surface area contributed by atoms with Crippen LogP contribution in [-0.2, 0) is 14.3 Å². The van der Waals surface area contributed by atoms with Crippen molar-refractivity contribution in [3.05, 3.63) is 0 Å². The summed E-state index contributed by atoms with van der Waals surface area (Å²) in [5.74, 6) is 0.142. The zero-order valence-electron chi connectivity index (χ0n) is 13.9. The zero-order chi connectivity index (χ0) is 16.2. The lowest BCUT2D eigenvalue weighted by atomic mass is 10.0. The molecule has 21 heavy (non-hydrogen) atoms. The van der Waals surface area contributed by atoms with Crippen molar-refractivity contribution in [3.63, 3.8) is 0 Å². The summed E-state index contributed by atoms with van der Waals surface area (Å²) in [7, 11) is 1.39. The van der Waals surface area contributed by atoms with E-state index in [1.54, 1.807) is 4.90 Å². The van der Waals surface area contributed by atoms with Gasteiger partial charge in [0.25, 0.3) is 0 Å². The standard InChI is InChI=1S/C15H28N2O4/c1-10(2)7-12(13(18)20-6)16-11-8-17(9-11)14(19)21-15(3,4)5/h10-12,16H,7-9H2,1-6H3. The first-order valence-electron chi connectivity index (χ1n) is 7.44. The van der Waals surface area contributed by atoms with Crippen LogP contribution in [0.15, 0.2) is 0 Å². The second-order valence-corrected chi connectivity index (χ2v) is 6.95. The summed E-state index contributed by atoms with van der Waals surface area (Å²) in [5.41, 5.74) is -0.484. The van der Waals surface area contributed by atoms with E-state index in [0.29, 0.717) is 19.0 Å². The highest BCUT2D eigenvalue weighted by atomic mass is 16.6. The number of hydrogen-bond donors (Lipinski definition) is 1. The van der Waals surface area contributed by atoms with Gasteiger partial charge in [0.2, 0.25) is 0 Å². The average molecular weight is 300 g/mol. The minimum absolute atomic E-state index is 0.111. The Bertz CT molecular complexity index is 370. The van der Waals surface area contributed by atoms with Crippen molar-refractivity contribution in [2.24, 2.45) is 5.92 Å². The number of methoxy groups -OCH3 is 1. The SMILES string of the molecule is COC(=O)C(CC(C)C)NC1CN(C(=O)OC(C)(C)C)C1. The van der Waals surface area contributed by atoms with Gasteiger partial charge in [-0.15, -0.1) is 0 Å². The maximum absolute atomic E-state index is 11.8. The number of ether oxygens (including phenoxy) is 2. The highest BCUT2D eigenvalue weighted by Gasteiger charge is 2.36. The largest absolute Gasteiger partial charge is 0.468 e. The molecule has 0 aromatic carbocycles. The van der Waals surface area contributed by atoms with Crippen molar-refractivity contribution < 1.29 is 19.1 Å². The third-order valence-corrected chi connectivity index (χ3v) is 3.16. The Morgan fingerprint density at radius 3 is 2.29 bits per heavy atom. The number of likely N-dealkylation sites (tertiary alicyclic amines) is 1. The van der Waals surface area contributed by atoms with Gasteiger partial charge in [0, 0.05) is 19.1 Å². The van der Waals surface area contributed by atoms with Gasteiger partial charge < -0.3 is 14.4 Å². The normalized spacial score (nSPS) is 17.4. The molecular weight excluding hydrogens is 272 g/mol. The Balaban J connectivity index is 2.41. The van der Waals surface area contributed by atoms with E-state index in [9.17, 15) is 9.59 Å². The summed E-state index contributed by atoms with van der Waals surface area (Å²) in [6.45, 7) is 10.8. The molecule has 6 nitrogen and oxygen atoms in total. The first kappa shape index (κ1) is 17.8. The average Bonchev–Trinajstić information content (AvgIpc) is 2.27. The Labute approximate surface area is 127 Å². The molecule has 1 aliphatic rings. The van der Waals surface area contributed by atoms with Crippen LogP contribution >= 0.6 is 0 Å². The number of nitrogens with one attached hydrogen (secondary N) is 1. The van der Waals surface area contributed by atoms with E-state index in [1.165, 1.54) is 7.11 Å². The van der Waals surface area contributed by atoms with Gasteiger partial charge in [-0.1, -0.05) is 13.8 Å². The van der Waals surface area contributed by atoms with E-state index < -0.39 is 5.60 Å². The van der Waals surface area contributed by atoms with Crippen molar-refractivity contribution in [1.82, 2.24) is 10.2 Å². The Morgan fingerprint density at radius 2 is 1.86 bits per heavy atom. The van der Waals surface area contributed by atoms with Crippen molar-refractivity contribution in [2.45, 2.75) is 58.7 Å². The smallest absolute Gasteiger partial charge is 0.410 e. The third kappa shape index (κ3) is 5.91. The Kier molecular flexibility index (Phi) is 6.01. The number of rotatable bonds is 5. The number of hydrogen-bond acceptors (Lipinski definition) is 5. The van der Waals surface area contributed by atoms with Crippen LogP contribution in [0, 0.1) is 5.92 Å². The first-order valence-corrected chi connectivity index (χ1v) is 7.44. The summed E-state index contributed by atoms with van der Waals surface area (Å²) in [6.07, 6.45) is 0.411. The molecule has 0 spiro atoms. The van der Waals surface area contributed by atoms with Crippen LogP contribution in [0.4, 0.5) is 4.79 Å². The van der Waals surface area contributed by atoms with Crippen LogP contribution in [0.5, 0.6) is 0 Å². The molecule has 0 saturated carbocycles. The summed E-state index contributed by atoms with van der Waals surface area (Å²) in [5, 5.41) is 3.26. The number of carbonyl (C=O) groups is 2. The molecule has 1 rings (SSSR count). The summed E-state index contributed by atoms with van der Waals surface area (Å²) < 4.78 is 10.1. The molecule has 122 valence electrons. The fourth-order valence-corrected chi connectivity index (χ4v) is 2.19. The zero-order valence-corrected chi connectivity index (χ0v) is 13.9. The van der Waals surface area contributed by atoms with Gasteiger partial charge in [0.1, 0.15) is 11.6 Å². The summed E-state index contributed by atoms with van der Waals surface area (Å²) in [6, 6.07) is -0.207. The predicted octanol–water partition coefficient (Wildman–Crippen LogP) is 1.78. The van der Waals surface area contributed by atoms with Gasteiger partial charge in [-0.3, -0.25) is 10.1 Å². The quantitative estimate of drug-likeness (QED) is 0.784. The Morgan fingerprint density at radius 1 is 1.29 bits per heavy atom. The lowest BCUT2D eigenvalue weighted by molar-refractivity contribution is -0.144. The number of esters is 1. The number of carbonyl (C=O) groups excluding carboxylic acids is 2. The molecule has 1 amide bonds. The lowest BCUT2D eigenvalue weighted by Gasteiger charge is -2.41. The molecule has 0 bridgehead atoms. The molecule has 6 heteroatoms. The van der Waals surface area contributed by atoms with Gasteiger partial charge >= 0.3 is 12.1 Å². The van der Waals surface area contributed by atoms with Gasteiger partial charge in [0.05, 0.1) is 7.11 Å². The van der Waals surface area contributed by atoms with E-state index in [-0.39, 0.29) is 24.1 Å². The molecule has 0 aromatic rings. The second-order valence-electron chi connectivity index (χ2n) is 6.95. The van der Waals surface area contributed by atoms with E-state index >= 15 is 0 Å². The molecular formula is C15H28N2O4. The van der Waals surface area contributed by atoms with E-state index in [4.69, 9.17) is 9.47 Å². The molecule has 1 heterocycles. The van der Waals surface area contributed by atoms with Crippen LogP contribution in [-0.4, -0.2) is 54.8 Å². The van der Waals surface area contributed by atoms with Crippen molar-refractivity contribution in [3.8, 4) is 0 Å². The van der Waals surface area contributed by atoms with E-state index in [2.05, 4.69) is 19.2 Å². The summed E-state index contributed by atoms with van der Waals surface area (Å²) >= 11 is 0. The lowest BCUT2D eigenvalue weighted by Crippen LogP contribution is -2.63. The topological polar surface area (TPSA) is 67.9 Å². The molecule has 1 atom stereocenters. The van der Waals surface area contributed by atoms with Crippen LogP contribution in [0.1, 0.15) is 41.0 Å². The third-order valence-electron chi connectivity index (χ3n) is 3.16. The molecule has 1 aliphatic heterocycles. The summed E-state index contributed by atoms with van der Waals surface area (Å²) in [4.78, 5) is 25.2. The van der Waals surface area contributed by atoms with Crippen molar-refractivity contribution in [2.75, 3.05) is 20.2 Å². The van der Waals surface area contributed by atoms with Gasteiger partial charge in [0.15, 0.2) is 0 Å². The monoisotopic (exact) mass is 300 g/mol. The van der Waals surface area contributed by atoms with Crippen LogP contribution < -0.4 is 5.32 Å². The van der Waals surface area contributed by atoms with Gasteiger partial charge in [-0.2, -0.15) is 0 Å². The highest BCUT2D eigenvalue weighted by Crippen LogP contribution is 2.16. The molecule has 0 radical (unpaired) electrons. The van der Waals surface area contributed by atoms with Crippen LogP contribution in [0.3, 0.4) is 0 Å². The maximum atomic E-state index is 11.8. The minimum atomic E-state index is -0.484. The number of amides is 1. The molecule has 0 aromatic heterocycles. The highest BCUT2D eigenvalue weighted by molar-refractivity contribution is 5.75. The minimum Gasteiger partial charge on any atom is -0.468 e. The van der Waals surface area contributed by atoms with E-state index in [0.717, 1.165) is 6.42 Å². The molecule has 0 aliphatic carbocycles. The van der Waals surface area contributed by atoms with E-state index in [1.807, 2.05) is 20.8 Å². The van der Waals surface area contributed by atoms with Gasteiger partial charge in [-0.25, -0.2) is 4.79 Å². The fourth-order valence-electron chi connectivity index (χ4n) is 2.19. The van der Waals surface area contributed by atoms with Crippen molar-refractivity contribution in [1.29, 1.82) is 0 Å². The number of nitrogens with zero attached hydrogens (tertiary/aromatic N) is 1. The molecule has 1 saturated heterocycles. The molecule has 1 fully saturated rings. The maximum Gasteiger partial charge on any atom is 0.410 e.